The lowest BCUT2D eigenvalue weighted by molar-refractivity contribution is 0.0426. The summed E-state index contributed by atoms with van der Waals surface area (Å²) in [7, 11) is 0. The van der Waals surface area contributed by atoms with E-state index in [1.54, 1.807) is 0 Å². The molecule has 0 bridgehead atoms. The Morgan fingerprint density at radius 3 is 1.94 bits per heavy atom. The quantitative estimate of drug-likeness (QED) is 0.742. The molecule has 96 valence electrons. The van der Waals surface area contributed by atoms with Gasteiger partial charge in [-0.3, -0.25) is 14.5 Å². The molecule has 1 unspecified atom stereocenters. The molecule has 2 N–H and O–H groups in total. The highest BCUT2D eigenvalue weighted by atomic mass is 19.2. The van der Waals surface area contributed by atoms with Crippen molar-refractivity contribution in [3.05, 3.63) is 34.9 Å². The fraction of sp³-hybridized carbons (Fsp3) is 0.273. The number of nitrogens with zero attached hydrogens (tertiary/aromatic N) is 1. The molecule has 1 atom stereocenters. The largest absolute Gasteiger partial charge is 0.394 e. The van der Waals surface area contributed by atoms with Crippen LogP contribution < -0.4 is 0 Å². The predicted molar refractivity (Wildman–Crippen MR) is 54.8 cm³/mol. The number of amides is 2. The molecule has 2 amide bonds. The molecule has 1 aromatic carbocycles. The molecule has 1 aliphatic heterocycles. The van der Waals surface area contributed by atoms with Crippen LogP contribution >= 0.6 is 0 Å². The Morgan fingerprint density at radius 1 is 1.11 bits per heavy atom. The third kappa shape index (κ3) is 1.87. The van der Waals surface area contributed by atoms with Crippen molar-refractivity contribution in [3.8, 4) is 0 Å². The zero-order valence-electron chi connectivity index (χ0n) is 9.06. The van der Waals surface area contributed by atoms with Gasteiger partial charge in [0, 0.05) is 0 Å². The predicted octanol–water partition coefficient (Wildman–Crippen LogP) is -0.0860. The Kier molecular flexibility index (Phi) is 3.10. The molecule has 7 heteroatoms. The number of benzene rings is 1. The second kappa shape index (κ2) is 4.43. The van der Waals surface area contributed by atoms with Crippen molar-refractivity contribution < 1.29 is 28.6 Å². The Balaban J connectivity index is 2.38. The molecule has 1 heterocycles. The lowest BCUT2D eigenvalue weighted by atomic mass is 10.1. The summed E-state index contributed by atoms with van der Waals surface area (Å²) in [6, 6.07) is 1.30. The lowest BCUT2D eigenvalue weighted by Gasteiger charge is -2.16. The summed E-state index contributed by atoms with van der Waals surface area (Å²) in [5, 5.41) is 17.9. The minimum Gasteiger partial charge on any atom is -0.394 e. The van der Waals surface area contributed by atoms with Crippen LogP contribution in [0.2, 0.25) is 0 Å². The molecular formula is C11H9F2NO4. The van der Waals surface area contributed by atoms with E-state index in [0.29, 0.717) is 17.0 Å². The van der Waals surface area contributed by atoms with Crippen molar-refractivity contribution >= 4 is 11.8 Å². The van der Waals surface area contributed by atoms with Gasteiger partial charge in [0.05, 0.1) is 30.4 Å². The summed E-state index contributed by atoms with van der Waals surface area (Å²) in [6.45, 7) is -1.05. The summed E-state index contributed by atoms with van der Waals surface area (Å²) in [5.74, 6) is -4.08. The maximum absolute atomic E-state index is 13.0. The molecule has 0 aliphatic carbocycles. The Labute approximate surface area is 100 Å². The van der Waals surface area contributed by atoms with Crippen molar-refractivity contribution in [3.63, 3.8) is 0 Å². The molecule has 0 spiro atoms. The van der Waals surface area contributed by atoms with E-state index in [-0.39, 0.29) is 11.1 Å². The molecule has 1 aliphatic rings. The van der Waals surface area contributed by atoms with E-state index in [9.17, 15) is 23.5 Å². The molecule has 0 saturated heterocycles. The smallest absolute Gasteiger partial charge is 0.261 e. The Hall–Kier alpha value is -1.86. The topological polar surface area (TPSA) is 77.8 Å². The highest BCUT2D eigenvalue weighted by Gasteiger charge is 2.37. The molecule has 5 nitrogen and oxygen atoms in total. The van der Waals surface area contributed by atoms with Gasteiger partial charge in [-0.2, -0.15) is 0 Å². The van der Waals surface area contributed by atoms with Crippen LogP contribution in [0.1, 0.15) is 20.7 Å². The normalized spacial score (nSPS) is 16.1. The average Bonchev–Trinajstić information content (AvgIpc) is 2.55. The van der Waals surface area contributed by atoms with Crippen LogP contribution in [0.15, 0.2) is 12.1 Å². The van der Waals surface area contributed by atoms with Crippen LogP contribution in [-0.4, -0.2) is 46.2 Å². The minimum absolute atomic E-state index is 0.246. The van der Waals surface area contributed by atoms with E-state index in [4.69, 9.17) is 5.11 Å². The Morgan fingerprint density at radius 2 is 1.56 bits per heavy atom. The maximum atomic E-state index is 13.0. The number of rotatable bonds is 3. The van der Waals surface area contributed by atoms with Gasteiger partial charge < -0.3 is 10.2 Å². The van der Waals surface area contributed by atoms with Crippen LogP contribution in [-0.2, 0) is 0 Å². The molecule has 1 aromatic rings. The molecule has 0 aromatic heterocycles. The van der Waals surface area contributed by atoms with Gasteiger partial charge in [0.25, 0.3) is 11.8 Å². The number of aliphatic hydroxyl groups excluding tert-OH is 2. The molecule has 0 saturated carbocycles. The molecular weight excluding hydrogens is 248 g/mol. The summed E-state index contributed by atoms with van der Waals surface area (Å²) in [4.78, 5) is 24.1. The molecule has 18 heavy (non-hydrogen) atoms. The number of hydrogen-bond acceptors (Lipinski definition) is 4. The SMILES string of the molecule is O=C1c2cc(F)c(F)cc2C(=O)N1CC(O)CO. The third-order valence-electron chi connectivity index (χ3n) is 2.62. The maximum Gasteiger partial charge on any atom is 0.261 e. The van der Waals surface area contributed by atoms with Crippen molar-refractivity contribution in [2.24, 2.45) is 0 Å². The van der Waals surface area contributed by atoms with E-state index >= 15 is 0 Å². The highest BCUT2D eigenvalue weighted by molar-refractivity contribution is 6.21. The zero-order chi connectivity index (χ0) is 13.4. The van der Waals surface area contributed by atoms with Crippen molar-refractivity contribution in [1.29, 1.82) is 0 Å². The monoisotopic (exact) mass is 257 g/mol. The lowest BCUT2D eigenvalue weighted by Crippen LogP contribution is -2.38. The third-order valence-corrected chi connectivity index (χ3v) is 2.62. The summed E-state index contributed by atoms with van der Waals surface area (Å²) >= 11 is 0. The van der Waals surface area contributed by atoms with Gasteiger partial charge in [0.15, 0.2) is 11.6 Å². The standard InChI is InChI=1S/C11H9F2NO4/c12-8-1-6-7(2-9(8)13)11(18)14(10(6)17)3-5(16)4-15/h1-2,5,15-16H,3-4H2. The van der Waals surface area contributed by atoms with E-state index in [1.807, 2.05) is 0 Å². The van der Waals surface area contributed by atoms with E-state index < -0.39 is 42.7 Å². The second-order valence-corrected chi connectivity index (χ2v) is 3.87. The van der Waals surface area contributed by atoms with Crippen LogP contribution in [0.5, 0.6) is 0 Å². The highest BCUT2D eigenvalue weighted by Crippen LogP contribution is 2.25. The van der Waals surface area contributed by atoms with Gasteiger partial charge in [-0.1, -0.05) is 0 Å². The first-order valence-corrected chi connectivity index (χ1v) is 5.10. The van der Waals surface area contributed by atoms with Gasteiger partial charge in [-0.05, 0) is 12.1 Å². The number of β-amino-alcohol motifs (C(OH)–C–C–N with tert-alkyl or cyclic N) is 1. The van der Waals surface area contributed by atoms with Crippen LogP contribution in [0, 0.1) is 11.6 Å². The zero-order valence-corrected chi connectivity index (χ0v) is 9.06. The number of carbonyl (C=O) groups excluding carboxylic acids is 2. The first kappa shape index (κ1) is 12.6. The average molecular weight is 257 g/mol. The summed E-state index contributed by atoms with van der Waals surface area (Å²) in [5.41, 5.74) is -0.493. The van der Waals surface area contributed by atoms with Crippen molar-refractivity contribution in [2.45, 2.75) is 6.10 Å². The minimum atomic E-state index is -1.29. The number of fused-ring (bicyclic) bond motifs is 1. The van der Waals surface area contributed by atoms with Gasteiger partial charge in [0.1, 0.15) is 0 Å². The van der Waals surface area contributed by atoms with E-state index in [0.717, 1.165) is 0 Å². The van der Waals surface area contributed by atoms with Gasteiger partial charge in [-0.15, -0.1) is 0 Å². The number of aliphatic hydroxyl groups is 2. The number of halogens is 2. The summed E-state index contributed by atoms with van der Waals surface area (Å²) < 4.78 is 26.0. The fourth-order valence-corrected chi connectivity index (χ4v) is 1.72. The molecule has 0 radical (unpaired) electrons. The van der Waals surface area contributed by atoms with Crippen molar-refractivity contribution in [1.82, 2.24) is 4.90 Å². The van der Waals surface area contributed by atoms with E-state index in [2.05, 4.69) is 0 Å². The Bertz CT molecular complexity index is 491. The van der Waals surface area contributed by atoms with Crippen LogP contribution in [0.4, 0.5) is 8.78 Å². The fourth-order valence-electron chi connectivity index (χ4n) is 1.72. The van der Waals surface area contributed by atoms with Gasteiger partial charge >= 0.3 is 0 Å². The number of hydrogen-bond donors (Lipinski definition) is 2. The first-order chi connectivity index (χ1) is 8.45. The first-order valence-electron chi connectivity index (χ1n) is 5.10. The van der Waals surface area contributed by atoms with E-state index in [1.165, 1.54) is 0 Å². The van der Waals surface area contributed by atoms with Gasteiger partial charge in [0.2, 0.25) is 0 Å². The molecule has 2 rings (SSSR count). The number of carbonyl (C=O) groups is 2. The second-order valence-electron chi connectivity index (χ2n) is 3.87. The van der Waals surface area contributed by atoms with Crippen molar-refractivity contribution in [2.75, 3.05) is 13.2 Å². The molecule has 0 fully saturated rings. The number of imide groups is 1. The van der Waals surface area contributed by atoms with Crippen LogP contribution in [0.3, 0.4) is 0 Å². The summed E-state index contributed by atoms with van der Waals surface area (Å²) in [6.07, 6.45) is -1.29. The van der Waals surface area contributed by atoms with Crippen LogP contribution in [0.25, 0.3) is 0 Å². The van der Waals surface area contributed by atoms with Gasteiger partial charge in [-0.25, -0.2) is 8.78 Å².